The molecule has 5 rings (SSSR count). The lowest BCUT2D eigenvalue weighted by atomic mass is 10.00. The first kappa shape index (κ1) is 17.4. The van der Waals surface area contributed by atoms with Gasteiger partial charge in [0.2, 0.25) is 16.7 Å². The highest BCUT2D eigenvalue weighted by molar-refractivity contribution is 7.17. The summed E-state index contributed by atoms with van der Waals surface area (Å²) in [5.41, 5.74) is 0.565. The second-order valence-corrected chi connectivity index (χ2v) is 7.93. The van der Waals surface area contributed by atoms with Crippen molar-refractivity contribution >= 4 is 16.3 Å². The quantitative estimate of drug-likeness (QED) is 0.549. The van der Waals surface area contributed by atoms with Gasteiger partial charge in [-0.15, -0.1) is 5.10 Å². The van der Waals surface area contributed by atoms with Crippen molar-refractivity contribution in [2.45, 2.75) is 25.3 Å². The highest BCUT2D eigenvalue weighted by Gasteiger charge is 2.32. The van der Waals surface area contributed by atoms with E-state index in [1.165, 1.54) is 28.3 Å². The van der Waals surface area contributed by atoms with Gasteiger partial charge in [0.05, 0.1) is 17.2 Å². The lowest BCUT2D eigenvalue weighted by Gasteiger charge is -2.34. The SMILES string of the molecule is Oc1c(C(c2ccccc2F)N2CCCCC2)sc2nc(-c3ccco3)nn12. The van der Waals surface area contributed by atoms with E-state index in [9.17, 15) is 9.50 Å². The summed E-state index contributed by atoms with van der Waals surface area (Å²) in [5.74, 6) is 0.689. The van der Waals surface area contributed by atoms with Crippen LogP contribution in [0.1, 0.15) is 35.7 Å². The molecule has 1 unspecified atom stereocenters. The maximum absolute atomic E-state index is 14.7. The van der Waals surface area contributed by atoms with E-state index in [2.05, 4.69) is 15.0 Å². The first-order valence-corrected chi connectivity index (χ1v) is 10.1. The third-order valence-electron chi connectivity index (χ3n) is 5.15. The van der Waals surface area contributed by atoms with Gasteiger partial charge >= 0.3 is 0 Å². The van der Waals surface area contributed by atoms with Gasteiger partial charge in [-0.25, -0.2) is 4.39 Å². The van der Waals surface area contributed by atoms with E-state index in [-0.39, 0.29) is 17.7 Å². The van der Waals surface area contributed by atoms with Gasteiger partial charge < -0.3 is 9.52 Å². The van der Waals surface area contributed by atoms with Crippen molar-refractivity contribution in [1.82, 2.24) is 19.5 Å². The van der Waals surface area contributed by atoms with Crippen molar-refractivity contribution in [1.29, 1.82) is 0 Å². The van der Waals surface area contributed by atoms with Crippen LogP contribution in [0, 0.1) is 5.82 Å². The molecule has 1 N–H and O–H groups in total. The molecule has 1 atom stereocenters. The van der Waals surface area contributed by atoms with E-state index in [0.717, 1.165) is 25.9 Å². The number of fused-ring (bicyclic) bond motifs is 1. The van der Waals surface area contributed by atoms with Gasteiger partial charge in [-0.3, -0.25) is 4.90 Å². The lowest BCUT2D eigenvalue weighted by molar-refractivity contribution is 0.184. The number of rotatable bonds is 4. The fourth-order valence-electron chi connectivity index (χ4n) is 3.82. The Kier molecular flexibility index (Phi) is 4.37. The zero-order valence-corrected chi connectivity index (χ0v) is 15.9. The minimum absolute atomic E-state index is 0.00383. The molecular formula is C20H19FN4O2S. The van der Waals surface area contributed by atoms with Crippen molar-refractivity contribution in [3.8, 4) is 17.5 Å². The summed E-state index contributed by atoms with van der Waals surface area (Å²) in [6, 6.07) is 9.95. The van der Waals surface area contributed by atoms with Crippen LogP contribution in [0.2, 0.25) is 0 Å². The van der Waals surface area contributed by atoms with Gasteiger partial charge in [-0.1, -0.05) is 36.0 Å². The van der Waals surface area contributed by atoms with Crippen LogP contribution in [-0.2, 0) is 0 Å². The van der Waals surface area contributed by atoms with E-state index in [1.807, 2.05) is 6.07 Å². The average molecular weight is 398 g/mol. The summed E-state index contributed by atoms with van der Waals surface area (Å²) in [6.45, 7) is 1.73. The zero-order chi connectivity index (χ0) is 19.1. The van der Waals surface area contributed by atoms with Crippen LogP contribution in [0.25, 0.3) is 16.5 Å². The molecule has 0 amide bonds. The summed E-state index contributed by atoms with van der Waals surface area (Å²) in [7, 11) is 0. The van der Waals surface area contributed by atoms with E-state index in [1.54, 1.807) is 30.5 Å². The Hall–Kier alpha value is -2.71. The first-order valence-electron chi connectivity index (χ1n) is 9.33. The molecule has 0 saturated carbocycles. The van der Waals surface area contributed by atoms with Gasteiger partial charge in [0, 0.05) is 5.56 Å². The summed E-state index contributed by atoms with van der Waals surface area (Å²) in [6.07, 6.45) is 4.86. The minimum atomic E-state index is -0.359. The molecule has 4 heterocycles. The van der Waals surface area contributed by atoms with Gasteiger partial charge in [-0.2, -0.15) is 9.50 Å². The normalized spacial score (nSPS) is 16.6. The maximum atomic E-state index is 14.7. The average Bonchev–Trinajstić information content (AvgIpc) is 3.43. The van der Waals surface area contributed by atoms with Crippen molar-refractivity contribution in [2.24, 2.45) is 0 Å². The molecule has 1 aromatic carbocycles. The summed E-state index contributed by atoms with van der Waals surface area (Å²) in [5, 5.41) is 15.3. The standard InChI is InChI=1S/C20H19FN4O2S/c21-14-8-3-2-7-13(14)16(24-10-4-1-5-11-24)17-19(26)25-20(28-17)22-18(23-25)15-9-6-12-27-15/h2-3,6-9,12,16,26H,1,4-5,10-11H2. The van der Waals surface area contributed by atoms with Crippen molar-refractivity contribution in [3.63, 3.8) is 0 Å². The van der Waals surface area contributed by atoms with Crippen LogP contribution in [0.5, 0.6) is 5.88 Å². The van der Waals surface area contributed by atoms with Crippen LogP contribution in [-0.4, -0.2) is 37.7 Å². The number of likely N-dealkylation sites (tertiary alicyclic amines) is 1. The molecule has 1 aliphatic rings. The maximum Gasteiger partial charge on any atom is 0.230 e. The summed E-state index contributed by atoms with van der Waals surface area (Å²) in [4.78, 5) is 7.93. The molecule has 0 bridgehead atoms. The predicted molar refractivity (Wildman–Crippen MR) is 104 cm³/mol. The highest BCUT2D eigenvalue weighted by atomic mass is 32.1. The Morgan fingerprint density at radius 2 is 1.93 bits per heavy atom. The molecule has 8 heteroatoms. The summed E-state index contributed by atoms with van der Waals surface area (Å²) >= 11 is 1.34. The van der Waals surface area contributed by atoms with E-state index in [4.69, 9.17) is 4.42 Å². The molecule has 0 aliphatic carbocycles. The molecule has 0 spiro atoms. The van der Waals surface area contributed by atoms with Crippen molar-refractivity contribution < 1.29 is 13.9 Å². The molecule has 1 fully saturated rings. The Morgan fingerprint density at radius 3 is 2.64 bits per heavy atom. The van der Waals surface area contributed by atoms with Crippen LogP contribution in [0.4, 0.5) is 4.39 Å². The monoisotopic (exact) mass is 398 g/mol. The smallest absolute Gasteiger partial charge is 0.230 e. The van der Waals surface area contributed by atoms with Gasteiger partial charge in [0.15, 0.2) is 5.76 Å². The van der Waals surface area contributed by atoms with Crippen molar-refractivity contribution in [3.05, 3.63) is 58.9 Å². The van der Waals surface area contributed by atoms with Crippen LogP contribution >= 0.6 is 11.3 Å². The zero-order valence-electron chi connectivity index (χ0n) is 15.1. The number of hydrogen-bond donors (Lipinski definition) is 1. The Bertz CT molecular complexity index is 1100. The molecule has 4 aromatic rings. The first-order chi connectivity index (χ1) is 13.7. The molecular weight excluding hydrogens is 379 g/mol. The number of aromatic hydroxyl groups is 1. The molecule has 144 valence electrons. The molecule has 28 heavy (non-hydrogen) atoms. The van der Waals surface area contributed by atoms with Gasteiger partial charge in [-0.05, 0) is 44.1 Å². The Balaban J connectivity index is 1.62. The molecule has 0 radical (unpaired) electrons. The minimum Gasteiger partial charge on any atom is -0.492 e. The number of piperidine rings is 1. The highest BCUT2D eigenvalue weighted by Crippen LogP contribution is 2.42. The second-order valence-electron chi connectivity index (χ2n) is 6.92. The molecule has 1 aliphatic heterocycles. The Morgan fingerprint density at radius 1 is 1.11 bits per heavy atom. The number of nitrogens with zero attached hydrogens (tertiary/aromatic N) is 4. The van der Waals surface area contributed by atoms with Crippen LogP contribution in [0.15, 0.2) is 47.1 Å². The Labute approximate surface area is 164 Å². The third-order valence-corrected chi connectivity index (χ3v) is 6.22. The van der Waals surface area contributed by atoms with Crippen LogP contribution < -0.4 is 0 Å². The van der Waals surface area contributed by atoms with E-state index >= 15 is 0 Å². The molecule has 6 nitrogen and oxygen atoms in total. The lowest BCUT2D eigenvalue weighted by Crippen LogP contribution is -2.34. The van der Waals surface area contributed by atoms with Gasteiger partial charge in [0.1, 0.15) is 5.82 Å². The number of furan rings is 1. The topological polar surface area (TPSA) is 66.8 Å². The molecule has 3 aromatic heterocycles. The van der Waals surface area contributed by atoms with Crippen molar-refractivity contribution in [2.75, 3.05) is 13.1 Å². The number of aromatic nitrogens is 3. The predicted octanol–water partition coefficient (Wildman–Crippen LogP) is 4.47. The third kappa shape index (κ3) is 2.89. The number of halogens is 1. The fraction of sp³-hybridized carbons (Fsp3) is 0.300. The van der Waals surface area contributed by atoms with Crippen LogP contribution in [0.3, 0.4) is 0 Å². The van der Waals surface area contributed by atoms with E-state index in [0.29, 0.717) is 27.0 Å². The van der Waals surface area contributed by atoms with Gasteiger partial charge in [0.25, 0.3) is 0 Å². The molecule has 1 saturated heterocycles. The second kappa shape index (κ2) is 7.03. The number of benzene rings is 1. The summed E-state index contributed by atoms with van der Waals surface area (Å²) < 4.78 is 21.4. The number of thiazole rings is 1. The fourth-order valence-corrected chi connectivity index (χ4v) is 4.92. The number of hydrogen-bond acceptors (Lipinski definition) is 6. The van der Waals surface area contributed by atoms with E-state index < -0.39 is 0 Å². The largest absolute Gasteiger partial charge is 0.492 e.